The molecule has 2 heterocycles. The van der Waals surface area contributed by atoms with Crippen molar-refractivity contribution in [1.29, 1.82) is 0 Å². The molecule has 0 aromatic carbocycles. The van der Waals surface area contributed by atoms with Gasteiger partial charge >= 0.3 is 0 Å². The molecule has 4 aliphatic rings. The van der Waals surface area contributed by atoms with Crippen LogP contribution in [0.5, 0.6) is 0 Å². The lowest BCUT2D eigenvalue weighted by Gasteiger charge is -2.31. The number of aliphatic hydroxyl groups is 1. The van der Waals surface area contributed by atoms with Crippen LogP contribution in [0.1, 0.15) is 56.9 Å². The van der Waals surface area contributed by atoms with Crippen LogP contribution in [-0.4, -0.2) is 27.9 Å². The molecule has 178 valence electrons. The maximum Gasteiger partial charge on any atom is 0.227 e. The molecule has 7 heteroatoms. The molecule has 2 saturated carbocycles. The van der Waals surface area contributed by atoms with Crippen LogP contribution in [0.25, 0.3) is 0 Å². The van der Waals surface area contributed by atoms with Crippen LogP contribution in [0, 0.1) is 11.8 Å². The summed E-state index contributed by atoms with van der Waals surface area (Å²) in [5.41, 5.74) is 2.79. The first-order valence-corrected chi connectivity index (χ1v) is 12.1. The fourth-order valence-electron chi connectivity index (χ4n) is 4.88. The number of carbonyl (C=O) groups excluding carboxylic acids is 2. The zero-order valence-electron chi connectivity index (χ0n) is 19.2. The van der Waals surface area contributed by atoms with E-state index in [1.165, 1.54) is 31.8 Å². The Balaban J connectivity index is 1.49. The molecule has 1 amide bonds. The summed E-state index contributed by atoms with van der Waals surface area (Å²) in [6, 6.07) is 3.69. The number of nitrogens with one attached hydrogen (secondary N) is 1. The van der Waals surface area contributed by atoms with Crippen molar-refractivity contribution in [2.45, 2.75) is 64.1 Å². The number of aliphatic hydroxyl groups excluding tert-OH is 1. The number of hydrogen-bond donors (Lipinski definition) is 2. The van der Waals surface area contributed by atoms with E-state index in [4.69, 9.17) is 9.47 Å². The number of nitrogens with zero attached hydrogens (tertiary/aromatic N) is 1. The van der Waals surface area contributed by atoms with Crippen LogP contribution in [0.15, 0.2) is 71.3 Å². The molecule has 1 aromatic rings. The third kappa shape index (κ3) is 5.08. The van der Waals surface area contributed by atoms with Gasteiger partial charge in [0.2, 0.25) is 5.91 Å². The quantitative estimate of drug-likeness (QED) is 0.589. The van der Waals surface area contributed by atoms with Crippen LogP contribution < -0.4 is 5.32 Å². The first-order chi connectivity index (χ1) is 16.6. The zero-order valence-corrected chi connectivity index (χ0v) is 19.2. The summed E-state index contributed by atoms with van der Waals surface area (Å²) in [4.78, 5) is 30.1. The Morgan fingerprint density at radius 3 is 2.79 bits per heavy atom. The third-order valence-corrected chi connectivity index (χ3v) is 6.87. The summed E-state index contributed by atoms with van der Waals surface area (Å²) in [6.45, 7) is 0.189. The summed E-state index contributed by atoms with van der Waals surface area (Å²) < 4.78 is 12.0. The van der Waals surface area contributed by atoms with Crippen LogP contribution in [-0.2, 0) is 25.7 Å². The predicted molar refractivity (Wildman–Crippen MR) is 125 cm³/mol. The molecule has 0 bridgehead atoms. The largest absolute Gasteiger partial charge is 0.512 e. The topological polar surface area (TPSA) is 97.8 Å². The number of ether oxygens (including phenoxy) is 2. The lowest BCUT2D eigenvalue weighted by Crippen LogP contribution is -2.38. The average Bonchev–Trinajstić information content (AvgIpc) is 3.56. The van der Waals surface area contributed by atoms with Crippen LogP contribution >= 0.6 is 0 Å². The zero-order chi connectivity index (χ0) is 23.5. The van der Waals surface area contributed by atoms with E-state index in [0.717, 1.165) is 30.4 Å². The number of aromatic nitrogens is 1. The lowest BCUT2D eigenvalue weighted by molar-refractivity contribution is -0.122. The number of allylic oxidation sites excluding steroid dienone is 4. The van der Waals surface area contributed by atoms with Crippen LogP contribution in [0.2, 0.25) is 0 Å². The second kappa shape index (κ2) is 9.87. The predicted octanol–water partition coefficient (Wildman–Crippen LogP) is 4.54. The van der Waals surface area contributed by atoms with E-state index in [2.05, 4.69) is 10.3 Å². The highest BCUT2D eigenvalue weighted by molar-refractivity contribution is 6.00. The average molecular weight is 463 g/mol. The SMILES string of the molecule is O=C1CC(O)=CC(OCc2cccnc2)=C1C1OC=CC(CC2CCCC2)=C1NC(=O)C1CC1. The minimum Gasteiger partial charge on any atom is -0.512 e. The van der Waals surface area contributed by atoms with Gasteiger partial charge in [-0.2, -0.15) is 0 Å². The number of hydrogen-bond acceptors (Lipinski definition) is 6. The van der Waals surface area contributed by atoms with Gasteiger partial charge in [-0.1, -0.05) is 31.7 Å². The molecule has 1 unspecified atom stereocenters. The molecule has 0 radical (unpaired) electrons. The molecule has 0 saturated heterocycles. The highest BCUT2D eigenvalue weighted by atomic mass is 16.5. The van der Waals surface area contributed by atoms with E-state index >= 15 is 0 Å². The van der Waals surface area contributed by atoms with Gasteiger partial charge in [-0.15, -0.1) is 0 Å². The van der Waals surface area contributed by atoms with E-state index < -0.39 is 6.10 Å². The van der Waals surface area contributed by atoms with E-state index in [9.17, 15) is 14.7 Å². The molecule has 5 rings (SSSR count). The summed E-state index contributed by atoms with van der Waals surface area (Å²) in [5, 5.41) is 13.3. The molecule has 0 spiro atoms. The molecule has 2 N–H and O–H groups in total. The van der Waals surface area contributed by atoms with Crippen molar-refractivity contribution in [2.24, 2.45) is 11.8 Å². The normalized spacial score (nSPS) is 23.1. The molecule has 34 heavy (non-hydrogen) atoms. The fraction of sp³-hybridized carbons (Fsp3) is 0.444. The van der Waals surface area contributed by atoms with Gasteiger partial charge in [-0.05, 0) is 42.9 Å². The van der Waals surface area contributed by atoms with Crippen molar-refractivity contribution in [1.82, 2.24) is 10.3 Å². The van der Waals surface area contributed by atoms with Gasteiger partial charge in [0.15, 0.2) is 11.9 Å². The number of amides is 1. The van der Waals surface area contributed by atoms with Crippen molar-refractivity contribution in [2.75, 3.05) is 0 Å². The molecule has 1 aliphatic heterocycles. The van der Waals surface area contributed by atoms with Gasteiger partial charge in [-0.25, -0.2) is 0 Å². The lowest BCUT2D eigenvalue weighted by atomic mass is 9.88. The highest BCUT2D eigenvalue weighted by Crippen LogP contribution is 2.37. The maximum atomic E-state index is 13.2. The van der Waals surface area contributed by atoms with Gasteiger partial charge in [0.05, 0.1) is 24.0 Å². The molecule has 3 aliphatic carbocycles. The maximum absolute atomic E-state index is 13.2. The minimum atomic E-state index is -0.787. The summed E-state index contributed by atoms with van der Waals surface area (Å²) in [7, 11) is 0. The monoisotopic (exact) mass is 462 g/mol. The Kier molecular flexibility index (Phi) is 6.52. The van der Waals surface area contributed by atoms with Crippen molar-refractivity contribution >= 4 is 11.7 Å². The Morgan fingerprint density at radius 1 is 1.24 bits per heavy atom. The van der Waals surface area contributed by atoms with Gasteiger partial charge in [-0.3, -0.25) is 14.6 Å². The van der Waals surface area contributed by atoms with Crippen LogP contribution in [0.4, 0.5) is 0 Å². The highest BCUT2D eigenvalue weighted by Gasteiger charge is 2.38. The van der Waals surface area contributed by atoms with Gasteiger partial charge in [0.1, 0.15) is 18.1 Å². The second-order valence-electron chi connectivity index (χ2n) is 9.54. The van der Waals surface area contributed by atoms with Crippen LogP contribution in [0.3, 0.4) is 0 Å². The summed E-state index contributed by atoms with van der Waals surface area (Å²) in [6.07, 6.45) is 14.9. The number of rotatable bonds is 8. The van der Waals surface area contributed by atoms with Crippen molar-refractivity contribution in [3.8, 4) is 0 Å². The summed E-state index contributed by atoms with van der Waals surface area (Å²) in [5.74, 6) is 0.486. The van der Waals surface area contributed by atoms with Gasteiger partial charge < -0.3 is 19.9 Å². The second-order valence-corrected chi connectivity index (χ2v) is 9.54. The van der Waals surface area contributed by atoms with E-state index in [1.54, 1.807) is 18.7 Å². The molecule has 1 atom stereocenters. The van der Waals surface area contributed by atoms with Crippen molar-refractivity contribution in [3.05, 3.63) is 76.9 Å². The van der Waals surface area contributed by atoms with E-state index in [1.807, 2.05) is 18.2 Å². The Bertz CT molecular complexity index is 1080. The standard InChI is InChI=1S/C27H30N2O5/c30-21-13-22(31)24(23(14-21)34-16-18-6-3-10-28-15-18)26-25(29-27(32)19-7-8-19)20(9-11-33-26)12-17-4-1-2-5-17/h3,6,9-11,14-15,17,19,26,30H,1-2,4-5,7-8,12-13,16H2,(H,29,32). The molecule has 7 nitrogen and oxygen atoms in total. The Hall–Kier alpha value is -3.35. The van der Waals surface area contributed by atoms with E-state index in [-0.39, 0.29) is 42.2 Å². The first-order valence-electron chi connectivity index (χ1n) is 12.1. The third-order valence-electron chi connectivity index (χ3n) is 6.87. The molecular formula is C27H30N2O5. The van der Waals surface area contributed by atoms with Crippen molar-refractivity contribution < 1.29 is 24.2 Å². The van der Waals surface area contributed by atoms with Gasteiger partial charge in [0, 0.05) is 30.0 Å². The number of pyridine rings is 1. The smallest absolute Gasteiger partial charge is 0.227 e. The molecular weight excluding hydrogens is 432 g/mol. The molecule has 2 fully saturated rings. The van der Waals surface area contributed by atoms with Crippen molar-refractivity contribution in [3.63, 3.8) is 0 Å². The first kappa shape index (κ1) is 22.4. The Labute approximate surface area is 199 Å². The van der Waals surface area contributed by atoms with Gasteiger partial charge in [0.25, 0.3) is 0 Å². The number of ketones is 1. The Morgan fingerprint density at radius 2 is 2.06 bits per heavy atom. The number of Topliss-reactive ketones (excluding diaryl/α,β-unsaturated/α-hetero) is 1. The molecule has 1 aromatic heterocycles. The summed E-state index contributed by atoms with van der Waals surface area (Å²) >= 11 is 0. The minimum absolute atomic E-state index is 0.0214. The number of carbonyl (C=O) groups is 2. The fourth-order valence-corrected chi connectivity index (χ4v) is 4.88. The van der Waals surface area contributed by atoms with E-state index in [0.29, 0.717) is 17.2 Å².